The molecule has 0 spiro atoms. The lowest BCUT2D eigenvalue weighted by molar-refractivity contribution is 0.138. The van der Waals surface area contributed by atoms with E-state index in [1.54, 1.807) is 12.1 Å². The van der Waals surface area contributed by atoms with Gasteiger partial charge in [0.15, 0.2) is 11.5 Å². The largest absolute Gasteiger partial charge is 0.504 e. The summed E-state index contributed by atoms with van der Waals surface area (Å²) in [6.45, 7) is 3.77. The second-order valence-corrected chi connectivity index (χ2v) is 5.66. The van der Waals surface area contributed by atoms with Gasteiger partial charge in [-0.25, -0.2) is 0 Å². The zero-order chi connectivity index (χ0) is 14.0. The number of halogens is 1. The fraction of sp³-hybridized carbons (Fsp3) is 0.571. The summed E-state index contributed by atoms with van der Waals surface area (Å²) in [7, 11) is 1.53. The van der Waals surface area contributed by atoms with Gasteiger partial charge in [-0.3, -0.25) is 4.90 Å². The van der Waals surface area contributed by atoms with E-state index in [4.69, 9.17) is 22.1 Å². The smallest absolute Gasteiger partial charge is 0.162 e. The lowest BCUT2D eigenvalue weighted by atomic mass is 9.98. The summed E-state index contributed by atoms with van der Waals surface area (Å²) in [4.78, 5) is 2.31. The third-order valence-corrected chi connectivity index (χ3v) is 3.98. The number of nitrogens with zero attached hydrogens (tertiary/aromatic N) is 1. The molecule has 1 fully saturated rings. The number of ether oxygens (including phenoxy) is 1. The van der Waals surface area contributed by atoms with Gasteiger partial charge in [-0.15, -0.1) is 0 Å². The lowest BCUT2D eigenvalue weighted by Gasteiger charge is -2.36. The van der Waals surface area contributed by atoms with E-state index in [1.165, 1.54) is 7.11 Å². The molecule has 106 valence electrons. The molecular formula is C14H21ClN2O2. The second kappa shape index (κ2) is 5.99. The maximum Gasteiger partial charge on any atom is 0.162 e. The molecule has 0 amide bonds. The first kappa shape index (κ1) is 14.4. The number of nitrogens with two attached hydrogens (primary N) is 1. The van der Waals surface area contributed by atoms with Crippen molar-refractivity contribution in [3.05, 3.63) is 22.7 Å². The van der Waals surface area contributed by atoms with Crippen molar-refractivity contribution in [1.29, 1.82) is 0 Å². The van der Waals surface area contributed by atoms with Gasteiger partial charge in [0.25, 0.3) is 0 Å². The Labute approximate surface area is 119 Å². The van der Waals surface area contributed by atoms with E-state index >= 15 is 0 Å². The van der Waals surface area contributed by atoms with Gasteiger partial charge in [0, 0.05) is 41.8 Å². The quantitative estimate of drug-likeness (QED) is 0.895. The predicted octanol–water partition coefficient (Wildman–Crippen LogP) is 2.37. The van der Waals surface area contributed by atoms with E-state index in [2.05, 4.69) is 11.8 Å². The van der Waals surface area contributed by atoms with Crippen molar-refractivity contribution in [2.75, 3.05) is 13.7 Å². The third-order valence-electron chi connectivity index (χ3n) is 3.77. The average molecular weight is 285 g/mol. The molecular weight excluding hydrogens is 264 g/mol. The molecule has 1 aliphatic rings. The highest BCUT2D eigenvalue weighted by Gasteiger charge is 2.24. The van der Waals surface area contributed by atoms with Crippen molar-refractivity contribution < 1.29 is 9.84 Å². The molecule has 5 heteroatoms. The van der Waals surface area contributed by atoms with Crippen molar-refractivity contribution in [3.8, 4) is 11.5 Å². The van der Waals surface area contributed by atoms with Crippen LogP contribution in [-0.2, 0) is 6.54 Å². The summed E-state index contributed by atoms with van der Waals surface area (Å²) in [5.74, 6) is 0.595. The van der Waals surface area contributed by atoms with E-state index < -0.39 is 0 Å². The van der Waals surface area contributed by atoms with Crippen LogP contribution in [0.1, 0.15) is 25.3 Å². The molecule has 0 aliphatic carbocycles. The van der Waals surface area contributed by atoms with Crippen molar-refractivity contribution in [3.63, 3.8) is 0 Å². The SMILES string of the molecule is COc1cc(Cl)cc(CN2CCC(N)CC2C)c1O. The highest BCUT2D eigenvalue weighted by atomic mass is 35.5. The second-order valence-electron chi connectivity index (χ2n) is 5.22. The first-order chi connectivity index (χ1) is 9.01. The van der Waals surface area contributed by atoms with E-state index in [1.807, 2.05) is 0 Å². The van der Waals surface area contributed by atoms with Gasteiger partial charge in [-0.2, -0.15) is 0 Å². The zero-order valence-electron chi connectivity index (χ0n) is 11.4. The molecule has 0 radical (unpaired) electrons. The normalized spacial score (nSPS) is 24.4. The molecule has 0 saturated carbocycles. The van der Waals surface area contributed by atoms with Gasteiger partial charge in [-0.05, 0) is 25.8 Å². The van der Waals surface area contributed by atoms with Crippen molar-refractivity contribution in [1.82, 2.24) is 4.90 Å². The summed E-state index contributed by atoms with van der Waals surface area (Å²) in [5.41, 5.74) is 6.76. The van der Waals surface area contributed by atoms with Crippen LogP contribution in [0.3, 0.4) is 0 Å². The van der Waals surface area contributed by atoms with Crippen LogP contribution in [-0.4, -0.2) is 35.7 Å². The van der Waals surface area contributed by atoms with E-state index in [0.29, 0.717) is 23.4 Å². The van der Waals surface area contributed by atoms with Crippen LogP contribution in [0.15, 0.2) is 12.1 Å². The fourth-order valence-electron chi connectivity index (χ4n) is 2.62. The van der Waals surface area contributed by atoms with Crippen molar-refractivity contribution in [2.24, 2.45) is 5.73 Å². The molecule has 19 heavy (non-hydrogen) atoms. The van der Waals surface area contributed by atoms with Gasteiger partial charge in [-0.1, -0.05) is 11.6 Å². The summed E-state index contributed by atoms with van der Waals surface area (Å²) < 4.78 is 5.13. The van der Waals surface area contributed by atoms with Crippen LogP contribution < -0.4 is 10.5 Å². The topological polar surface area (TPSA) is 58.7 Å². The van der Waals surface area contributed by atoms with Crippen LogP contribution in [0.2, 0.25) is 5.02 Å². The summed E-state index contributed by atoms with van der Waals surface area (Å²) >= 11 is 6.05. The molecule has 2 rings (SSSR count). The minimum absolute atomic E-state index is 0.175. The number of rotatable bonds is 3. The molecule has 1 heterocycles. The predicted molar refractivity (Wildman–Crippen MR) is 76.8 cm³/mol. The minimum atomic E-state index is 0.175. The maximum absolute atomic E-state index is 10.1. The van der Waals surface area contributed by atoms with Crippen molar-refractivity contribution >= 4 is 11.6 Å². The first-order valence-electron chi connectivity index (χ1n) is 6.56. The average Bonchev–Trinajstić information content (AvgIpc) is 2.36. The molecule has 1 aliphatic heterocycles. The number of phenols is 1. The number of hydrogen-bond donors (Lipinski definition) is 2. The fourth-order valence-corrected chi connectivity index (χ4v) is 2.85. The summed E-state index contributed by atoms with van der Waals surface area (Å²) in [5, 5.41) is 10.7. The van der Waals surface area contributed by atoms with Gasteiger partial charge in [0.05, 0.1) is 7.11 Å². The Kier molecular flexibility index (Phi) is 4.55. The van der Waals surface area contributed by atoms with E-state index in [9.17, 15) is 5.11 Å². The zero-order valence-corrected chi connectivity index (χ0v) is 12.2. The monoisotopic (exact) mass is 284 g/mol. The molecule has 2 atom stereocenters. The minimum Gasteiger partial charge on any atom is -0.504 e. The van der Waals surface area contributed by atoms with Crippen LogP contribution >= 0.6 is 11.6 Å². The van der Waals surface area contributed by atoms with Crippen LogP contribution in [0.5, 0.6) is 11.5 Å². The Morgan fingerprint density at radius 3 is 2.89 bits per heavy atom. The summed E-state index contributed by atoms with van der Waals surface area (Å²) in [6, 6.07) is 4.11. The van der Waals surface area contributed by atoms with Crippen LogP contribution in [0, 0.1) is 0 Å². The number of benzene rings is 1. The van der Waals surface area contributed by atoms with Crippen molar-refractivity contribution in [2.45, 2.75) is 38.4 Å². The number of hydrogen-bond acceptors (Lipinski definition) is 4. The maximum atomic E-state index is 10.1. The van der Waals surface area contributed by atoms with Crippen LogP contribution in [0.4, 0.5) is 0 Å². The molecule has 0 bridgehead atoms. The highest BCUT2D eigenvalue weighted by Crippen LogP contribution is 2.35. The van der Waals surface area contributed by atoms with Crippen LogP contribution in [0.25, 0.3) is 0 Å². The lowest BCUT2D eigenvalue weighted by Crippen LogP contribution is -2.44. The molecule has 1 aromatic rings. The number of aromatic hydroxyl groups is 1. The van der Waals surface area contributed by atoms with Gasteiger partial charge < -0.3 is 15.6 Å². The molecule has 1 aromatic carbocycles. The Morgan fingerprint density at radius 1 is 1.53 bits per heavy atom. The third kappa shape index (κ3) is 3.32. The Balaban J connectivity index is 2.17. The van der Waals surface area contributed by atoms with Gasteiger partial charge in [0.1, 0.15) is 0 Å². The highest BCUT2D eigenvalue weighted by molar-refractivity contribution is 6.30. The standard InChI is InChI=1S/C14H21ClN2O2/c1-9-5-12(16)3-4-17(9)8-10-6-11(15)7-13(19-2)14(10)18/h6-7,9,12,18H,3-5,8,16H2,1-2H3. The Hall–Kier alpha value is -0.970. The molecule has 4 nitrogen and oxygen atoms in total. The Morgan fingerprint density at radius 2 is 2.26 bits per heavy atom. The number of methoxy groups -OCH3 is 1. The molecule has 3 N–H and O–H groups in total. The number of likely N-dealkylation sites (tertiary alicyclic amines) is 1. The molecule has 1 saturated heterocycles. The first-order valence-corrected chi connectivity index (χ1v) is 6.94. The van der Waals surface area contributed by atoms with E-state index in [0.717, 1.165) is 24.9 Å². The Bertz CT molecular complexity index is 453. The molecule has 2 unspecified atom stereocenters. The van der Waals surface area contributed by atoms with E-state index in [-0.39, 0.29) is 11.8 Å². The molecule has 0 aromatic heterocycles. The van der Waals surface area contributed by atoms with Gasteiger partial charge >= 0.3 is 0 Å². The van der Waals surface area contributed by atoms with Gasteiger partial charge in [0.2, 0.25) is 0 Å². The summed E-state index contributed by atoms with van der Waals surface area (Å²) in [6.07, 6.45) is 1.97. The number of piperidine rings is 1. The number of phenolic OH excluding ortho intramolecular Hbond substituents is 1.